The van der Waals surface area contributed by atoms with E-state index in [4.69, 9.17) is 5.11 Å². The monoisotopic (exact) mass is 363 g/mol. The van der Waals surface area contributed by atoms with Crippen molar-refractivity contribution >= 4 is 0 Å². The Morgan fingerprint density at radius 2 is 1.40 bits per heavy atom. The Bertz CT molecular complexity index is 380. The van der Waals surface area contributed by atoms with Gasteiger partial charge < -0.3 is 17.5 Å². The van der Waals surface area contributed by atoms with E-state index in [0.29, 0.717) is 0 Å². The number of rotatable bonds is 1. The largest absolute Gasteiger partial charge is 3.00 e. The topological polar surface area (TPSA) is 20.2 Å². The minimum Gasteiger partial charge on any atom is -1.00 e. The molecular weight excluding hydrogens is 347 g/mol. The van der Waals surface area contributed by atoms with Crippen LogP contribution in [-0.2, 0) is 32.8 Å². The van der Waals surface area contributed by atoms with Crippen molar-refractivity contribution in [3.05, 3.63) is 84.5 Å². The van der Waals surface area contributed by atoms with E-state index in [1.807, 2.05) is 54.6 Å². The van der Waals surface area contributed by atoms with Crippen LogP contribution >= 0.6 is 0 Å². The van der Waals surface area contributed by atoms with Gasteiger partial charge in [-0.2, -0.15) is 12.2 Å². The average molecular weight is 365 g/mol. The fourth-order valence-electron chi connectivity index (χ4n) is 1.26. The van der Waals surface area contributed by atoms with Crippen LogP contribution in [0.5, 0.6) is 0 Å². The summed E-state index contributed by atoms with van der Waals surface area (Å²) in [6.07, 6.45) is 20.0. The van der Waals surface area contributed by atoms with Crippen molar-refractivity contribution in [3.8, 4) is 0 Å². The van der Waals surface area contributed by atoms with Gasteiger partial charge in [0.1, 0.15) is 0 Å². The van der Waals surface area contributed by atoms with Gasteiger partial charge in [-0.15, -0.1) is 12.8 Å². The maximum Gasteiger partial charge on any atom is 3.00 e. The summed E-state index contributed by atoms with van der Waals surface area (Å²) < 4.78 is 0. The molecule has 0 saturated heterocycles. The van der Waals surface area contributed by atoms with Gasteiger partial charge in [0.2, 0.25) is 0 Å². The van der Waals surface area contributed by atoms with Gasteiger partial charge >= 0.3 is 26.2 Å². The maximum atomic E-state index is 8.54. The van der Waals surface area contributed by atoms with Crippen LogP contribution in [0.25, 0.3) is 0 Å². The van der Waals surface area contributed by atoms with Crippen LogP contribution in [0, 0.1) is 12.2 Å². The number of aliphatic hydroxyl groups excluding tert-OH is 1. The third kappa shape index (κ3) is 12.4. The van der Waals surface area contributed by atoms with Gasteiger partial charge in [-0.1, -0.05) is 30.3 Å². The van der Waals surface area contributed by atoms with Crippen LogP contribution in [0.1, 0.15) is 18.4 Å². The minimum atomic E-state index is 0. The van der Waals surface area contributed by atoms with Gasteiger partial charge in [-0.3, -0.25) is 12.2 Å². The zero-order chi connectivity index (χ0) is 12.9. The second-order valence-corrected chi connectivity index (χ2v) is 3.65. The van der Waals surface area contributed by atoms with Crippen molar-refractivity contribution in [3.63, 3.8) is 0 Å². The molecule has 0 aliphatic heterocycles. The molecule has 3 heteroatoms. The molecule has 0 heterocycles. The molecule has 1 aromatic rings. The van der Waals surface area contributed by atoms with Crippen molar-refractivity contribution in [2.45, 2.75) is 19.4 Å². The first kappa shape index (κ1) is 21.6. The van der Waals surface area contributed by atoms with E-state index in [-0.39, 0.29) is 45.2 Å². The van der Waals surface area contributed by atoms with Crippen molar-refractivity contribution in [1.82, 2.24) is 0 Å². The molecule has 2 aliphatic carbocycles. The summed E-state index contributed by atoms with van der Waals surface area (Å²) >= 11 is 0. The average Bonchev–Trinajstić information content (AvgIpc) is 3.17. The van der Waals surface area contributed by atoms with Gasteiger partial charge in [-0.05, 0) is 5.56 Å². The van der Waals surface area contributed by atoms with E-state index >= 15 is 0 Å². The summed E-state index contributed by atoms with van der Waals surface area (Å²) in [5.74, 6) is 0. The molecule has 0 bridgehead atoms. The van der Waals surface area contributed by atoms with E-state index in [2.05, 4.69) is 24.3 Å². The second-order valence-electron chi connectivity index (χ2n) is 3.65. The molecule has 0 fully saturated rings. The van der Waals surface area contributed by atoms with E-state index in [1.165, 1.54) is 0 Å². The standard InChI is InChI=1S/C7H8O.2C5H5.ClH.Zr/c8-6-7-4-2-1-3-5-7;2*1-2-4-5-3-1;;/h1-5,8H,6H2;2*1-3H,4H2;1H;/q;2*-1;;+3/p-1. The molecule has 0 atom stereocenters. The van der Waals surface area contributed by atoms with Gasteiger partial charge in [0.15, 0.2) is 0 Å². The Labute approximate surface area is 147 Å². The Hall–Kier alpha value is -0.687. The quantitative estimate of drug-likeness (QED) is 0.730. The van der Waals surface area contributed by atoms with Crippen molar-refractivity contribution in [2.24, 2.45) is 0 Å². The first-order valence-electron chi connectivity index (χ1n) is 6.01. The summed E-state index contributed by atoms with van der Waals surface area (Å²) in [5.41, 5.74) is 0.965. The molecule has 1 N–H and O–H groups in total. The molecule has 3 rings (SSSR count). The Morgan fingerprint density at radius 1 is 0.900 bits per heavy atom. The number of benzene rings is 1. The Kier molecular flexibility index (Phi) is 17.7. The zero-order valence-corrected chi connectivity index (χ0v) is 14.5. The van der Waals surface area contributed by atoms with Gasteiger partial charge in [0, 0.05) is 0 Å². The third-order valence-electron chi connectivity index (χ3n) is 2.20. The number of halogens is 1. The molecule has 20 heavy (non-hydrogen) atoms. The number of aliphatic hydroxyl groups is 1. The van der Waals surface area contributed by atoms with E-state index in [1.54, 1.807) is 0 Å². The van der Waals surface area contributed by atoms with E-state index in [9.17, 15) is 0 Å². The fraction of sp³-hybridized carbons (Fsp3) is 0.176. The molecule has 103 valence electrons. The van der Waals surface area contributed by atoms with Gasteiger partial charge in [-0.25, -0.2) is 24.3 Å². The normalized spacial score (nSPS) is 12.4. The minimum absolute atomic E-state index is 0. The number of hydrogen-bond donors (Lipinski definition) is 1. The SMILES string of the molecule is OCc1ccccc1.[C-]1=CC=CC1.[C-]1=CC=CC1.[Cl-].[Zr+3]. The molecule has 1 nitrogen and oxygen atoms in total. The van der Waals surface area contributed by atoms with Gasteiger partial charge in [0.05, 0.1) is 6.61 Å². The van der Waals surface area contributed by atoms with E-state index < -0.39 is 0 Å². The first-order valence-corrected chi connectivity index (χ1v) is 6.01. The summed E-state index contributed by atoms with van der Waals surface area (Å²) in [7, 11) is 0. The van der Waals surface area contributed by atoms with Crippen molar-refractivity contribution in [1.29, 1.82) is 0 Å². The van der Waals surface area contributed by atoms with Crippen LogP contribution in [-0.4, -0.2) is 5.11 Å². The third-order valence-corrected chi connectivity index (χ3v) is 2.20. The Morgan fingerprint density at radius 3 is 1.60 bits per heavy atom. The maximum absolute atomic E-state index is 8.54. The summed E-state index contributed by atoms with van der Waals surface area (Å²) in [5, 5.41) is 8.54. The number of hydrogen-bond acceptors (Lipinski definition) is 1. The fourth-order valence-corrected chi connectivity index (χ4v) is 1.26. The van der Waals surface area contributed by atoms with Crippen LogP contribution in [0.3, 0.4) is 0 Å². The predicted molar refractivity (Wildman–Crippen MR) is 75.5 cm³/mol. The smallest absolute Gasteiger partial charge is 1.00 e. The van der Waals surface area contributed by atoms with Crippen LogP contribution in [0.2, 0.25) is 0 Å². The molecular formula is C17H18ClOZr. The van der Waals surface area contributed by atoms with Crippen molar-refractivity contribution < 1.29 is 43.7 Å². The molecule has 1 aromatic carbocycles. The van der Waals surface area contributed by atoms with Crippen LogP contribution in [0.15, 0.2) is 66.8 Å². The first-order chi connectivity index (χ1) is 8.93. The summed E-state index contributed by atoms with van der Waals surface area (Å²) in [4.78, 5) is 0. The summed E-state index contributed by atoms with van der Waals surface area (Å²) in [6.45, 7) is 0.140. The molecule has 2 aliphatic rings. The molecule has 0 amide bonds. The summed E-state index contributed by atoms with van der Waals surface area (Å²) in [6, 6.07) is 9.52. The molecule has 0 spiro atoms. The predicted octanol–water partition coefficient (Wildman–Crippen LogP) is 0.792. The van der Waals surface area contributed by atoms with Crippen molar-refractivity contribution in [2.75, 3.05) is 0 Å². The Balaban J connectivity index is 0. The second kappa shape index (κ2) is 16.4. The molecule has 0 unspecified atom stereocenters. The van der Waals surface area contributed by atoms with E-state index in [0.717, 1.165) is 18.4 Å². The zero-order valence-electron chi connectivity index (χ0n) is 11.3. The number of allylic oxidation sites excluding steroid dienone is 8. The molecule has 1 radical (unpaired) electrons. The van der Waals surface area contributed by atoms with Crippen LogP contribution in [0.4, 0.5) is 0 Å². The molecule has 0 aromatic heterocycles. The van der Waals surface area contributed by atoms with Gasteiger partial charge in [0.25, 0.3) is 0 Å². The van der Waals surface area contributed by atoms with Crippen LogP contribution < -0.4 is 12.4 Å². The molecule has 0 saturated carbocycles.